The summed E-state index contributed by atoms with van der Waals surface area (Å²) in [5, 5.41) is 0. The number of benzene rings is 2. The molecular formula is C24H25F3O5. The van der Waals surface area contributed by atoms with Crippen LogP contribution in [0.5, 0.6) is 5.75 Å². The second kappa shape index (κ2) is 10.5. The number of rotatable bonds is 7. The normalized spacial score (nSPS) is 18.6. The maximum atomic E-state index is 13.6. The number of ether oxygens (including phenoxy) is 3. The van der Waals surface area contributed by atoms with E-state index in [1.54, 1.807) is 37.3 Å². The molecule has 1 aliphatic rings. The quantitative estimate of drug-likeness (QED) is 0.517. The average molecular weight is 450 g/mol. The zero-order chi connectivity index (χ0) is 23.1. The predicted octanol–water partition coefficient (Wildman–Crippen LogP) is 5.56. The molecule has 0 amide bonds. The summed E-state index contributed by atoms with van der Waals surface area (Å²) >= 11 is 0. The van der Waals surface area contributed by atoms with E-state index in [2.05, 4.69) is 0 Å². The van der Waals surface area contributed by atoms with Crippen LogP contribution in [0, 0.1) is 5.92 Å². The molecule has 172 valence electrons. The van der Waals surface area contributed by atoms with Gasteiger partial charge >= 0.3 is 18.1 Å². The van der Waals surface area contributed by atoms with Crippen molar-refractivity contribution in [3.63, 3.8) is 0 Å². The molecule has 5 nitrogen and oxygen atoms in total. The van der Waals surface area contributed by atoms with E-state index in [0.29, 0.717) is 37.9 Å². The Bertz CT molecular complexity index is 919. The molecule has 0 bridgehead atoms. The summed E-state index contributed by atoms with van der Waals surface area (Å²) in [6.07, 6.45) is -2.88. The van der Waals surface area contributed by atoms with Crippen LogP contribution in [0.15, 0.2) is 48.5 Å². The first kappa shape index (κ1) is 23.6. The van der Waals surface area contributed by atoms with Gasteiger partial charge in [0.05, 0.1) is 29.8 Å². The number of halogens is 3. The highest BCUT2D eigenvalue weighted by atomic mass is 19.4. The van der Waals surface area contributed by atoms with Crippen LogP contribution in [-0.2, 0) is 27.1 Å². The summed E-state index contributed by atoms with van der Waals surface area (Å²) in [6, 6.07) is 12.0. The van der Waals surface area contributed by atoms with Crippen molar-refractivity contribution in [3.05, 3.63) is 65.2 Å². The van der Waals surface area contributed by atoms with Crippen molar-refractivity contribution in [1.29, 1.82) is 0 Å². The second-order valence-corrected chi connectivity index (χ2v) is 7.61. The topological polar surface area (TPSA) is 61.8 Å². The Balaban J connectivity index is 1.66. The molecule has 32 heavy (non-hydrogen) atoms. The molecule has 0 atom stereocenters. The van der Waals surface area contributed by atoms with Crippen molar-refractivity contribution >= 4 is 11.9 Å². The van der Waals surface area contributed by atoms with Gasteiger partial charge in [0.15, 0.2) is 0 Å². The van der Waals surface area contributed by atoms with Gasteiger partial charge in [0.1, 0.15) is 12.4 Å². The average Bonchev–Trinajstić information content (AvgIpc) is 2.78. The molecule has 0 radical (unpaired) electrons. The van der Waals surface area contributed by atoms with E-state index in [1.165, 1.54) is 6.07 Å². The first-order chi connectivity index (χ1) is 15.3. The van der Waals surface area contributed by atoms with Gasteiger partial charge in [-0.3, -0.25) is 4.79 Å². The molecule has 1 aliphatic carbocycles. The summed E-state index contributed by atoms with van der Waals surface area (Å²) in [5.74, 6) is -1.48. The van der Waals surface area contributed by atoms with E-state index >= 15 is 0 Å². The van der Waals surface area contributed by atoms with Gasteiger partial charge < -0.3 is 14.2 Å². The maximum Gasteiger partial charge on any atom is 0.417 e. The van der Waals surface area contributed by atoms with E-state index in [1.807, 2.05) is 0 Å². The molecule has 0 unspecified atom stereocenters. The zero-order valence-corrected chi connectivity index (χ0v) is 17.7. The number of esters is 2. The maximum absolute atomic E-state index is 13.6. The smallest absolute Gasteiger partial charge is 0.417 e. The standard InChI is InChI=1S/C24H25F3O5/c1-2-30-22(28)17-8-10-18(11-9-17)32-19-12-13-20(21(14-19)24(25,26)27)23(29)31-15-16-6-4-3-5-7-16/h3-7,12-14,17-18H,2,8-11,15H2,1H3. The minimum atomic E-state index is -4.75. The van der Waals surface area contributed by atoms with Crippen LogP contribution in [0.2, 0.25) is 0 Å². The van der Waals surface area contributed by atoms with Crippen molar-refractivity contribution in [2.45, 2.75) is 51.5 Å². The summed E-state index contributed by atoms with van der Waals surface area (Å²) in [6.45, 7) is 1.93. The van der Waals surface area contributed by atoms with Crippen LogP contribution >= 0.6 is 0 Å². The van der Waals surface area contributed by atoms with Crippen molar-refractivity contribution in [2.24, 2.45) is 5.92 Å². The van der Waals surface area contributed by atoms with Crippen molar-refractivity contribution in [1.82, 2.24) is 0 Å². The molecular weight excluding hydrogens is 425 g/mol. The van der Waals surface area contributed by atoms with Gasteiger partial charge in [-0.25, -0.2) is 4.79 Å². The largest absolute Gasteiger partial charge is 0.490 e. The Hall–Kier alpha value is -3.03. The van der Waals surface area contributed by atoms with E-state index in [-0.39, 0.29) is 30.3 Å². The van der Waals surface area contributed by atoms with E-state index in [0.717, 1.165) is 12.1 Å². The third-order valence-electron chi connectivity index (χ3n) is 5.33. The van der Waals surface area contributed by atoms with Crippen molar-refractivity contribution < 1.29 is 37.0 Å². The fourth-order valence-corrected chi connectivity index (χ4v) is 3.68. The first-order valence-electron chi connectivity index (χ1n) is 10.5. The van der Waals surface area contributed by atoms with Crippen LogP contribution in [0.4, 0.5) is 13.2 Å². The van der Waals surface area contributed by atoms with Gasteiger partial charge in [-0.05, 0) is 56.4 Å². The first-order valence-corrected chi connectivity index (χ1v) is 10.5. The molecule has 1 saturated carbocycles. The van der Waals surface area contributed by atoms with Gasteiger partial charge in [0.25, 0.3) is 0 Å². The number of carbonyl (C=O) groups excluding carboxylic acids is 2. The lowest BCUT2D eigenvalue weighted by Gasteiger charge is -2.28. The van der Waals surface area contributed by atoms with E-state index in [9.17, 15) is 22.8 Å². The second-order valence-electron chi connectivity index (χ2n) is 7.61. The summed E-state index contributed by atoms with van der Waals surface area (Å²) in [7, 11) is 0. The Morgan fingerprint density at radius 3 is 2.28 bits per heavy atom. The molecule has 2 aromatic rings. The molecule has 0 spiro atoms. The molecule has 1 fully saturated rings. The lowest BCUT2D eigenvalue weighted by atomic mass is 9.87. The molecule has 0 N–H and O–H groups in total. The predicted molar refractivity (Wildman–Crippen MR) is 110 cm³/mol. The zero-order valence-electron chi connectivity index (χ0n) is 17.7. The minimum Gasteiger partial charge on any atom is -0.490 e. The lowest BCUT2D eigenvalue weighted by molar-refractivity contribution is -0.149. The number of hydrogen-bond acceptors (Lipinski definition) is 5. The van der Waals surface area contributed by atoms with E-state index < -0.39 is 23.3 Å². The van der Waals surface area contributed by atoms with Gasteiger partial charge in [-0.15, -0.1) is 0 Å². The molecule has 0 saturated heterocycles. The third kappa shape index (κ3) is 6.24. The minimum absolute atomic E-state index is 0.0246. The van der Waals surface area contributed by atoms with Gasteiger partial charge in [0.2, 0.25) is 0 Å². The van der Waals surface area contributed by atoms with Crippen molar-refractivity contribution in [2.75, 3.05) is 6.61 Å². The molecule has 8 heteroatoms. The highest BCUT2D eigenvalue weighted by Crippen LogP contribution is 2.36. The van der Waals surface area contributed by atoms with Crippen LogP contribution < -0.4 is 4.74 Å². The molecule has 0 aromatic heterocycles. The van der Waals surface area contributed by atoms with E-state index in [4.69, 9.17) is 14.2 Å². The lowest BCUT2D eigenvalue weighted by Crippen LogP contribution is -2.29. The Morgan fingerprint density at radius 2 is 1.66 bits per heavy atom. The molecule has 2 aromatic carbocycles. The van der Waals surface area contributed by atoms with Crippen LogP contribution in [0.3, 0.4) is 0 Å². The highest BCUT2D eigenvalue weighted by molar-refractivity contribution is 5.91. The fraction of sp³-hybridized carbons (Fsp3) is 0.417. The summed E-state index contributed by atoms with van der Waals surface area (Å²) in [5.41, 5.74) is -0.993. The van der Waals surface area contributed by atoms with Crippen LogP contribution in [0.1, 0.15) is 54.1 Å². The summed E-state index contributed by atoms with van der Waals surface area (Å²) < 4.78 is 56.7. The van der Waals surface area contributed by atoms with Gasteiger partial charge in [0, 0.05) is 0 Å². The number of carbonyl (C=O) groups is 2. The van der Waals surface area contributed by atoms with Crippen molar-refractivity contribution in [3.8, 4) is 5.75 Å². The molecule has 0 heterocycles. The Labute approximate surface area is 184 Å². The molecule has 3 rings (SSSR count). The number of alkyl halides is 3. The van der Waals surface area contributed by atoms with Gasteiger partial charge in [-0.2, -0.15) is 13.2 Å². The van der Waals surface area contributed by atoms with Crippen LogP contribution in [-0.4, -0.2) is 24.6 Å². The SMILES string of the molecule is CCOC(=O)C1CCC(Oc2ccc(C(=O)OCc3ccccc3)c(C(F)(F)F)c2)CC1. The number of hydrogen-bond donors (Lipinski definition) is 0. The Kier molecular flexibility index (Phi) is 7.77. The summed E-state index contributed by atoms with van der Waals surface area (Å²) in [4.78, 5) is 24.2. The fourth-order valence-electron chi connectivity index (χ4n) is 3.68. The van der Waals surface area contributed by atoms with Crippen LogP contribution in [0.25, 0.3) is 0 Å². The van der Waals surface area contributed by atoms with Gasteiger partial charge in [-0.1, -0.05) is 30.3 Å². The molecule has 0 aliphatic heterocycles. The monoisotopic (exact) mass is 450 g/mol. The Morgan fingerprint density at radius 1 is 0.969 bits per heavy atom. The highest BCUT2D eigenvalue weighted by Gasteiger charge is 2.37. The third-order valence-corrected chi connectivity index (χ3v) is 5.33.